The second-order valence-corrected chi connectivity index (χ2v) is 5.58. The topological polar surface area (TPSA) is 187 Å². The van der Waals surface area contributed by atoms with Crippen LogP contribution in [0.4, 0.5) is 17.8 Å². The first-order valence-electron chi connectivity index (χ1n) is 8.50. The number of nitrogens with zero attached hydrogens (tertiary/aromatic N) is 3. The van der Waals surface area contributed by atoms with Crippen LogP contribution in [0.2, 0.25) is 0 Å². The average Bonchev–Trinajstić information content (AvgIpc) is 2.57. The van der Waals surface area contributed by atoms with E-state index < -0.39 is 17.9 Å². The molecule has 6 N–H and O–H groups in total. The summed E-state index contributed by atoms with van der Waals surface area (Å²) in [7, 11) is 0. The highest BCUT2D eigenvalue weighted by atomic mass is 16.4. The van der Waals surface area contributed by atoms with Crippen LogP contribution in [-0.2, 0) is 14.4 Å². The first-order chi connectivity index (χ1) is 12.9. The Bertz CT molecular complexity index is 603. The minimum atomic E-state index is -0.962. The molecule has 0 amide bonds. The van der Waals surface area contributed by atoms with Crippen LogP contribution in [0.1, 0.15) is 38.5 Å². The Balaban J connectivity index is 2.59. The second-order valence-electron chi connectivity index (χ2n) is 5.58. The van der Waals surface area contributed by atoms with Gasteiger partial charge in [-0.3, -0.25) is 14.4 Å². The van der Waals surface area contributed by atoms with Crippen LogP contribution in [0, 0.1) is 0 Å². The molecule has 0 aromatic carbocycles. The van der Waals surface area contributed by atoms with Crippen molar-refractivity contribution in [2.75, 3.05) is 35.6 Å². The molecule has 150 valence electrons. The molecule has 12 nitrogen and oxygen atoms in total. The van der Waals surface area contributed by atoms with Gasteiger partial charge in [0.1, 0.15) is 0 Å². The molecule has 1 rings (SSSR count). The van der Waals surface area contributed by atoms with Crippen LogP contribution < -0.4 is 16.0 Å². The molecule has 0 bridgehead atoms. The summed E-state index contributed by atoms with van der Waals surface area (Å²) < 4.78 is 0. The zero-order chi connectivity index (χ0) is 20.1. The number of nitrogens with one attached hydrogen (secondary N) is 3. The molecule has 0 atom stereocenters. The number of aromatic nitrogens is 3. The Kier molecular flexibility index (Phi) is 9.89. The van der Waals surface area contributed by atoms with Crippen molar-refractivity contribution in [2.24, 2.45) is 0 Å². The van der Waals surface area contributed by atoms with Gasteiger partial charge in [0.25, 0.3) is 0 Å². The Morgan fingerprint density at radius 3 is 1.41 bits per heavy atom. The third-order valence-electron chi connectivity index (χ3n) is 3.23. The third-order valence-corrected chi connectivity index (χ3v) is 3.23. The summed E-state index contributed by atoms with van der Waals surface area (Å²) in [5.41, 5.74) is 0. The first kappa shape index (κ1) is 21.9. The lowest BCUT2D eigenvalue weighted by Crippen LogP contribution is -2.16. The highest BCUT2D eigenvalue weighted by molar-refractivity contribution is 5.68. The smallest absolute Gasteiger partial charge is 0.305 e. The fraction of sp³-hybridized carbons (Fsp3) is 0.600. The number of hydrogen-bond donors (Lipinski definition) is 6. The van der Waals surface area contributed by atoms with Crippen molar-refractivity contribution >= 4 is 35.8 Å². The highest BCUT2D eigenvalue weighted by Crippen LogP contribution is 2.10. The van der Waals surface area contributed by atoms with E-state index in [9.17, 15) is 14.4 Å². The van der Waals surface area contributed by atoms with Crippen molar-refractivity contribution in [3.05, 3.63) is 0 Å². The van der Waals surface area contributed by atoms with E-state index >= 15 is 0 Å². The summed E-state index contributed by atoms with van der Waals surface area (Å²) in [6, 6.07) is 0. The van der Waals surface area contributed by atoms with Crippen molar-refractivity contribution in [3.63, 3.8) is 0 Å². The van der Waals surface area contributed by atoms with Crippen molar-refractivity contribution in [3.8, 4) is 0 Å². The van der Waals surface area contributed by atoms with E-state index in [1.807, 2.05) is 0 Å². The van der Waals surface area contributed by atoms with Crippen molar-refractivity contribution < 1.29 is 29.7 Å². The third kappa shape index (κ3) is 11.1. The molecule has 1 aromatic heterocycles. The first-order valence-corrected chi connectivity index (χ1v) is 8.50. The van der Waals surface area contributed by atoms with Gasteiger partial charge in [-0.15, -0.1) is 0 Å². The summed E-state index contributed by atoms with van der Waals surface area (Å²) >= 11 is 0. The number of hydrogen-bond acceptors (Lipinski definition) is 9. The zero-order valence-corrected chi connectivity index (χ0v) is 14.8. The molecule has 0 fully saturated rings. The van der Waals surface area contributed by atoms with Crippen molar-refractivity contribution in [1.82, 2.24) is 15.0 Å². The molecule has 0 spiro atoms. The molecule has 27 heavy (non-hydrogen) atoms. The predicted octanol–water partition coefficient (Wildman–Crippen LogP) is 0.702. The van der Waals surface area contributed by atoms with Gasteiger partial charge in [0.05, 0.1) is 12.8 Å². The minimum Gasteiger partial charge on any atom is -0.481 e. The quantitative estimate of drug-likeness (QED) is 0.233. The van der Waals surface area contributed by atoms with Gasteiger partial charge in [-0.1, -0.05) is 6.42 Å². The van der Waals surface area contributed by atoms with Crippen LogP contribution in [-0.4, -0.2) is 67.8 Å². The molecule has 0 aliphatic rings. The van der Waals surface area contributed by atoms with Crippen LogP contribution in [0.3, 0.4) is 0 Å². The standard InChI is InChI=1S/C15H24N6O6/c22-10(23)4-2-1-3-7-16-13-19-14(17-8-5-11(24)25)21-15(20-13)18-9-6-12(26)27/h1-9H2,(H,22,23)(H,24,25)(H,26,27)(H3,16,17,18,19,20,21). The van der Waals surface area contributed by atoms with Crippen molar-refractivity contribution in [1.29, 1.82) is 0 Å². The van der Waals surface area contributed by atoms with Gasteiger partial charge in [0, 0.05) is 26.1 Å². The summed E-state index contributed by atoms with van der Waals surface area (Å²) in [5.74, 6) is -2.17. The molecule has 0 saturated carbocycles. The summed E-state index contributed by atoms with van der Waals surface area (Å²) in [6.07, 6.45) is 1.94. The number of rotatable bonds is 15. The van der Waals surface area contributed by atoms with Gasteiger partial charge >= 0.3 is 17.9 Å². The Hall–Kier alpha value is -3.18. The predicted molar refractivity (Wildman–Crippen MR) is 95.9 cm³/mol. The van der Waals surface area contributed by atoms with Crippen LogP contribution >= 0.6 is 0 Å². The molecule has 1 heterocycles. The van der Waals surface area contributed by atoms with E-state index in [0.29, 0.717) is 13.0 Å². The maximum Gasteiger partial charge on any atom is 0.305 e. The number of carbonyl (C=O) groups is 3. The number of unbranched alkanes of at least 4 members (excludes halogenated alkanes) is 2. The van der Waals surface area contributed by atoms with Crippen molar-refractivity contribution in [2.45, 2.75) is 38.5 Å². The molecular formula is C15H24N6O6. The molecule has 1 aromatic rings. The monoisotopic (exact) mass is 384 g/mol. The second kappa shape index (κ2) is 12.2. The van der Waals surface area contributed by atoms with Gasteiger partial charge in [-0.05, 0) is 12.8 Å². The fourth-order valence-electron chi connectivity index (χ4n) is 1.95. The molecular weight excluding hydrogens is 360 g/mol. The van der Waals surface area contributed by atoms with Gasteiger partial charge in [-0.2, -0.15) is 15.0 Å². The SMILES string of the molecule is O=C(O)CCCCCNc1nc(NCCC(=O)O)nc(NCCC(=O)O)n1. The van der Waals surface area contributed by atoms with E-state index in [2.05, 4.69) is 30.9 Å². The maximum atomic E-state index is 10.6. The van der Waals surface area contributed by atoms with E-state index in [1.54, 1.807) is 0 Å². The van der Waals surface area contributed by atoms with E-state index in [1.165, 1.54) is 0 Å². The summed E-state index contributed by atoms with van der Waals surface area (Å²) in [4.78, 5) is 44.0. The molecule has 0 radical (unpaired) electrons. The highest BCUT2D eigenvalue weighted by Gasteiger charge is 2.08. The molecule has 0 aliphatic carbocycles. The molecule has 0 unspecified atom stereocenters. The van der Waals surface area contributed by atoms with E-state index in [0.717, 1.165) is 12.8 Å². The van der Waals surface area contributed by atoms with Gasteiger partial charge in [0.15, 0.2) is 0 Å². The molecule has 0 saturated heterocycles. The molecule has 12 heteroatoms. The van der Waals surface area contributed by atoms with Gasteiger partial charge in [0.2, 0.25) is 17.8 Å². The van der Waals surface area contributed by atoms with Gasteiger partial charge < -0.3 is 31.3 Å². The number of anilines is 3. The summed E-state index contributed by atoms with van der Waals surface area (Å²) in [5, 5.41) is 34.5. The Morgan fingerprint density at radius 1 is 0.593 bits per heavy atom. The lowest BCUT2D eigenvalue weighted by atomic mass is 10.2. The number of carboxylic acids is 3. The lowest BCUT2D eigenvalue weighted by Gasteiger charge is -2.10. The maximum absolute atomic E-state index is 10.6. The van der Waals surface area contributed by atoms with E-state index in [-0.39, 0.29) is 50.2 Å². The Morgan fingerprint density at radius 2 is 1.00 bits per heavy atom. The van der Waals surface area contributed by atoms with Crippen LogP contribution in [0.25, 0.3) is 0 Å². The summed E-state index contributed by atoms with van der Waals surface area (Å²) in [6.45, 7) is 0.776. The number of aliphatic carboxylic acids is 3. The number of carboxylic acid groups (broad SMARTS) is 3. The molecule has 0 aliphatic heterocycles. The van der Waals surface area contributed by atoms with Crippen LogP contribution in [0.15, 0.2) is 0 Å². The largest absolute Gasteiger partial charge is 0.481 e. The fourth-order valence-corrected chi connectivity index (χ4v) is 1.95. The zero-order valence-electron chi connectivity index (χ0n) is 14.8. The normalized spacial score (nSPS) is 10.2. The Labute approximate surface area is 155 Å². The lowest BCUT2D eigenvalue weighted by molar-refractivity contribution is -0.138. The van der Waals surface area contributed by atoms with E-state index in [4.69, 9.17) is 15.3 Å². The van der Waals surface area contributed by atoms with Crippen LogP contribution in [0.5, 0.6) is 0 Å². The van der Waals surface area contributed by atoms with Gasteiger partial charge in [-0.25, -0.2) is 0 Å². The average molecular weight is 384 g/mol. The minimum absolute atomic E-state index is 0.111.